The van der Waals surface area contributed by atoms with Crippen LogP contribution in [0, 0.1) is 12.7 Å². The molecule has 126 valence electrons. The summed E-state index contributed by atoms with van der Waals surface area (Å²) < 4.78 is 15.2. The highest BCUT2D eigenvalue weighted by Gasteiger charge is 2.39. The smallest absolute Gasteiger partial charge is 0.242 e. The van der Waals surface area contributed by atoms with E-state index in [4.69, 9.17) is 0 Å². The van der Waals surface area contributed by atoms with Crippen molar-refractivity contribution in [2.75, 3.05) is 13.1 Å². The van der Waals surface area contributed by atoms with Crippen molar-refractivity contribution in [1.82, 2.24) is 20.0 Å². The molecule has 1 saturated carbocycles. The van der Waals surface area contributed by atoms with Crippen LogP contribution in [0.4, 0.5) is 4.39 Å². The molecule has 0 bridgehead atoms. The fourth-order valence-corrected chi connectivity index (χ4v) is 3.18. The molecule has 5 nitrogen and oxygen atoms in total. The molecule has 0 unspecified atom stereocenters. The molecule has 2 heterocycles. The number of hydrogen-bond donors (Lipinski definition) is 1. The van der Waals surface area contributed by atoms with Crippen LogP contribution in [-0.2, 0) is 4.79 Å². The molecular formula is C18H21FN4O. The van der Waals surface area contributed by atoms with Crippen LogP contribution in [0.5, 0.6) is 0 Å². The minimum absolute atomic E-state index is 0.0132. The van der Waals surface area contributed by atoms with Crippen LogP contribution in [0.1, 0.15) is 36.1 Å². The van der Waals surface area contributed by atoms with Gasteiger partial charge in [0.1, 0.15) is 11.9 Å². The zero-order valence-electron chi connectivity index (χ0n) is 13.7. The molecule has 6 heteroatoms. The van der Waals surface area contributed by atoms with Crippen LogP contribution < -0.4 is 5.32 Å². The van der Waals surface area contributed by atoms with Crippen molar-refractivity contribution >= 4 is 5.91 Å². The van der Waals surface area contributed by atoms with Gasteiger partial charge in [0, 0.05) is 25.3 Å². The Hall–Kier alpha value is -2.21. The summed E-state index contributed by atoms with van der Waals surface area (Å²) in [4.78, 5) is 14.8. The maximum absolute atomic E-state index is 13.2. The molecule has 0 spiro atoms. The van der Waals surface area contributed by atoms with Gasteiger partial charge in [-0.15, -0.1) is 0 Å². The fourth-order valence-electron chi connectivity index (χ4n) is 3.18. The summed E-state index contributed by atoms with van der Waals surface area (Å²) in [5.41, 5.74) is 1.97. The lowest BCUT2D eigenvalue weighted by molar-refractivity contribution is -0.129. The highest BCUT2D eigenvalue weighted by atomic mass is 19.1. The third-order valence-corrected chi connectivity index (χ3v) is 4.72. The van der Waals surface area contributed by atoms with E-state index >= 15 is 0 Å². The molecule has 1 amide bonds. The van der Waals surface area contributed by atoms with Gasteiger partial charge in [0.05, 0.1) is 12.2 Å². The van der Waals surface area contributed by atoms with Crippen LogP contribution in [0.3, 0.4) is 0 Å². The monoisotopic (exact) mass is 328 g/mol. The Balaban J connectivity index is 1.50. The molecule has 1 aromatic carbocycles. The quantitative estimate of drug-likeness (QED) is 0.915. The maximum Gasteiger partial charge on any atom is 0.242 e. The summed E-state index contributed by atoms with van der Waals surface area (Å²) in [6, 6.07) is 6.48. The Morgan fingerprint density at radius 2 is 2.00 bits per heavy atom. The van der Waals surface area contributed by atoms with E-state index < -0.39 is 0 Å². The number of benzene rings is 1. The van der Waals surface area contributed by atoms with Gasteiger partial charge in [-0.1, -0.05) is 12.1 Å². The van der Waals surface area contributed by atoms with Crippen molar-refractivity contribution in [1.29, 1.82) is 0 Å². The van der Waals surface area contributed by atoms with Crippen LogP contribution in [0.15, 0.2) is 36.7 Å². The van der Waals surface area contributed by atoms with Gasteiger partial charge in [0.25, 0.3) is 0 Å². The highest BCUT2D eigenvalue weighted by molar-refractivity contribution is 5.83. The number of aromatic nitrogens is 2. The standard InChI is InChI=1S/C18H21FN4O/c1-12-8-20-23(9-12)16-10-22(11-16)17(18(24)21-15-6-7-15)13-2-4-14(19)5-3-13/h2-5,8-9,15-17H,6-7,10-11H2,1H3,(H,21,24)/t17-/m1/s1. The van der Waals surface area contributed by atoms with Gasteiger partial charge in [-0.3, -0.25) is 14.4 Å². The molecule has 1 aliphatic carbocycles. The number of carbonyl (C=O) groups is 1. The second kappa shape index (κ2) is 6.02. The summed E-state index contributed by atoms with van der Waals surface area (Å²) in [5.74, 6) is -0.271. The molecule has 0 radical (unpaired) electrons. The Morgan fingerprint density at radius 3 is 2.58 bits per heavy atom. The number of likely N-dealkylation sites (tertiary alicyclic amines) is 1. The van der Waals surface area contributed by atoms with Crippen molar-refractivity contribution in [2.24, 2.45) is 0 Å². The van der Waals surface area contributed by atoms with Crippen LogP contribution in [-0.4, -0.2) is 39.7 Å². The van der Waals surface area contributed by atoms with Gasteiger partial charge in [0.2, 0.25) is 5.91 Å². The van der Waals surface area contributed by atoms with Crippen molar-refractivity contribution in [2.45, 2.75) is 37.9 Å². The van der Waals surface area contributed by atoms with Crippen LogP contribution >= 0.6 is 0 Å². The van der Waals surface area contributed by atoms with E-state index in [-0.39, 0.29) is 23.8 Å². The molecule has 1 aliphatic heterocycles. The largest absolute Gasteiger partial charge is 0.352 e. The zero-order chi connectivity index (χ0) is 16.7. The van der Waals surface area contributed by atoms with Crippen molar-refractivity contribution in [3.8, 4) is 0 Å². The second-order valence-electron chi connectivity index (χ2n) is 6.84. The predicted molar refractivity (Wildman–Crippen MR) is 87.9 cm³/mol. The Morgan fingerprint density at radius 1 is 1.29 bits per heavy atom. The average Bonchev–Trinajstić information content (AvgIpc) is 3.23. The minimum atomic E-state index is -0.362. The van der Waals surface area contributed by atoms with E-state index in [1.165, 1.54) is 12.1 Å². The molecule has 4 rings (SSSR count). The van der Waals surface area contributed by atoms with E-state index in [1.807, 2.05) is 24.0 Å². The molecule has 1 aromatic heterocycles. The fraction of sp³-hybridized carbons (Fsp3) is 0.444. The first-order chi connectivity index (χ1) is 11.6. The molecule has 2 fully saturated rings. The van der Waals surface area contributed by atoms with Crippen molar-refractivity contribution in [3.05, 3.63) is 53.6 Å². The van der Waals surface area contributed by atoms with Gasteiger partial charge < -0.3 is 5.32 Å². The SMILES string of the molecule is Cc1cnn(C2CN([C@@H](C(=O)NC3CC3)c3ccc(F)cc3)C2)c1. The van der Waals surface area contributed by atoms with E-state index in [1.54, 1.807) is 12.1 Å². The lowest BCUT2D eigenvalue weighted by Gasteiger charge is -2.43. The first-order valence-electron chi connectivity index (χ1n) is 8.41. The minimum Gasteiger partial charge on any atom is -0.352 e. The van der Waals surface area contributed by atoms with Crippen molar-refractivity contribution in [3.63, 3.8) is 0 Å². The number of amides is 1. The Kier molecular flexibility index (Phi) is 3.84. The van der Waals surface area contributed by atoms with Gasteiger partial charge in [-0.25, -0.2) is 4.39 Å². The lowest BCUT2D eigenvalue weighted by atomic mass is 9.98. The summed E-state index contributed by atoms with van der Waals surface area (Å²) in [6.45, 7) is 3.55. The number of carbonyl (C=O) groups excluding carboxylic acids is 1. The summed E-state index contributed by atoms with van der Waals surface area (Å²) in [5, 5.41) is 7.44. The summed E-state index contributed by atoms with van der Waals surface area (Å²) in [6.07, 6.45) is 5.98. The van der Waals surface area contributed by atoms with Gasteiger partial charge in [0.15, 0.2) is 0 Å². The Labute approximate surface area is 140 Å². The van der Waals surface area contributed by atoms with E-state index in [0.29, 0.717) is 6.04 Å². The van der Waals surface area contributed by atoms with E-state index in [2.05, 4.69) is 15.3 Å². The summed E-state index contributed by atoms with van der Waals surface area (Å²) >= 11 is 0. The zero-order valence-corrected chi connectivity index (χ0v) is 13.7. The molecular weight excluding hydrogens is 307 g/mol. The van der Waals surface area contributed by atoms with Crippen LogP contribution in [0.25, 0.3) is 0 Å². The number of halogens is 1. The molecule has 1 saturated heterocycles. The van der Waals surface area contributed by atoms with Gasteiger partial charge in [-0.2, -0.15) is 5.10 Å². The first kappa shape index (κ1) is 15.3. The third-order valence-electron chi connectivity index (χ3n) is 4.72. The summed E-state index contributed by atoms with van der Waals surface area (Å²) in [7, 11) is 0. The Bertz CT molecular complexity index is 732. The number of nitrogens with one attached hydrogen (secondary N) is 1. The third kappa shape index (κ3) is 3.06. The number of hydrogen-bond acceptors (Lipinski definition) is 3. The number of nitrogens with zero attached hydrogens (tertiary/aromatic N) is 3. The number of aryl methyl sites for hydroxylation is 1. The predicted octanol–water partition coefficient (Wildman–Crippen LogP) is 2.21. The van der Waals surface area contributed by atoms with Crippen molar-refractivity contribution < 1.29 is 9.18 Å². The molecule has 2 aromatic rings. The average molecular weight is 328 g/mol. The van der Waals surface area contributed by atoms with Gasteiger partial charge in [-0.05, 0) is 43.0 Å². The highest BCUT2D eigenvalue weighted by Crippen LogP contribution is 2.32. The van der Waals surface area contributed by atoms with E-state index in [0.717, 1.165) is 37.1 Å². The first-order valence-corrected chi connectivity index (χ1v) is 8.41. The van der Waals surface area contributed by atoms with Gasteiger partial charge >= 0.3 is 0 Å². The molecule has 24 heavy (non-hydrogen) atoms. The molecule has 1 atom stereocenters. The normalized spacial score (nSPS) is 19.8. The maximum atomic E-state index is 13.2. The topological polar surface area (TPSA) is 50.2 Å². The molecule has 1 N–H and O–H groups in total. The van der Waals surface area contributed by atoms with Crippen LogP contribution in [0.2, 0.25) is 0 Å². The second-order valence-corrected chi connectivity index (χ2v) is 6.84. The molecule has 2 aliphatic rings. The van der Waals surface area contributed by atoms with E-state index in [9.17, 15) is 9.18 Å². The lowest BCUT2D eigenvalue weighted by Crippen LogP contribution is -2.53. The number of rotatable bonds is 5.